The monoisotopic (exact) mass is 320 g/mol. The van der Waals surface area contributed by atoms with E-state index in [9.17, 15) is 14.7 Å². The van der Waals surface area contributed by atoms with E-state index in [4.69, 9.17) is 0 Å². The van der Waals surface area contributed by atoms with E-state index in [-0.39, 0.29) is 12.0 Å². The van der Waals surface area contributed by atoms with Crippen molar-refractivity contribution >= 4 is 17.5 Å². The molecule has 0 heterocycles. The van der Waals surface area contributed by atoms with Gasteiger partial charge < -0.3 is 15.7 Å². The van der Waals surface area contributed by atoms with Gasteiger partial charge in [0, 0.05) is 12.2 Å². The van der Waals surface area contributed by atoms with Gasteiger partial charge in [-0.15, -0.1) is 0 Å². The molecule has 0 fully saturated rings. The normalized spacial score (nSPS) is 12.6. The van der Waals surface area contributed by atoms with E-state index in [2.05, 4.69) is 24.5 Å². The minimum absolute atomic E-state index is 0.0464. The highest BCUT2D eigenvalue weighted by Crippen LogP contribution is 2.18. The molecule has 0 saturated heterocycles. The van der Waals surface area contributed by atoms with Crippen LogP contribution in [0.5, 0.6) is 0 Å². The van der Waals surface area contributed by atoms with Crippen molar-refractivity contribution < 1.29 is 14.7 Å². The second kappa shape index (κ2) is 8.11. The first-order valence-corrected chi connectivity index (χ1v) is 8.08. The molecule has 0 bridgehead atoms. The van der Waals surface area contributed by atoms with E-state index < -0.39 is 17.9 Å². The average Bonchev–Trinajstić information content (AvgIpc) is 2.50. The van der Waals surface area contributed by atoms with Crippen LogP contribution in [0.4, 0.5) is 5.69 Å². The Morgan fingerprint density at radius 2 is 1.70 bits per heavy atom. The van der Waals surface area contributed by atoms with Gasteiger partial charge in [-0.3, -0.25) is 9.59 Å². The summed E-state index contributed by atoms with van der Waals surface area (Å²) >= 11 is 0. The highest BCUT2D eigenvalue weighted by atomic mass is 16.3. The number of benzene rings is 1. The highest BCUT2D eigenvalue weighted by molar-refractivity contribution is 6.39. The Morgan fingerprint density at radius 3 is 2.22 bits per heavy atom. The fourth-order valence-electron chi connectivity index (χ4n) is 2.14. The lowest BCUT2D eigenvalue weighted by Crippen LogP contribution is -2.43. The van der Waals surface area contributed by atoms with Crippen LogP contribution < -0.4 is 10.6 Å². The second-order valence-electron chi connectivity index (χ2n) is 6.74. The zero-order valence-electron chi connectivity index (χ0n) is 14.7. The molecule has 23 heavy (non-hydrogen) atoms. The molecule has 1 aromatic carbocycles. The average molecular weight is 320 g/mol. The molecule has 1 atom stereocenters. The summed E-state index contributed by atoms with van der Waals surface area (Å²) in [4.78, 5) is 23.7. The van der Waals surface area contributed by atoms with Crippen LogP contribution in [0.3, 0.4) is 0 Å². The van der Waals surface area contributed by atoms with Gasteiger partial charge >= 0.3 is 11.8 Å². The smallest absolute Gasteiger partial charge is 0.313 e. The van der Waals surface area contributed by atoms with Crippen molar-refractivity contribution in [3.63, 3.8) is 0 Å². The van der Waals surface area contributed by atoms with Gasteiger partial charge in [0.05, 0.1) is 6.10 Å². The van der Waals surface area contributed by atoms with Crippen LogP contribution >= 0.6 is 0 Å². The molecule has 3 N–H and O–H groups in total. The summed E-state index contributed by atoms with van der Waals surface area (Å²) in [6.45, 7) is 9.79. The van der Waals surface area contributed by atoms with Crippen LogP contribution in [0.2, 0.25) is 0 Å². The van der Waals surface area contributed by atoms with E-state index in [0.717, 1.165) is 18.4 Å². The van der Waals surface area contributed by atoms with Crippen molar-refractivity contribution in [3.8, 4) is 0 Å². The van der Waals surface area contributed by atoms with Crippen LogP contribution in [0.15, 0.2) is 18.2 Å². The third-order valence-corrected chi connectivity index (χ3v) is 3.89. The zero-order valence-corrected chi connectivity index (χ0v) is 14.7. The van der Waals surface area contributed by atoms with Crippen molar-refractivity contribution in [2.24, 2.45) is 5.41 Å². The van der Waals surface area contributed by atoms with E-state index in [1.54, 1.807) is 6.07 Å². The SMILES string of the molecule is CCc1ccc(NC(=O)C(=O)NCC(O)C(C)(C)C)cc1CC. The summed E-state index contributed by atoms with van der Waals surface area (Å²) in [5.41, 5.74) is 2.66. The Morgan fingerprint density at radius 1 is 1.09 bits per heavy atom. The van der Waals surface area contributed by atoms with Crippen LogP contribution in [0, 0.1) is 5.41 Å². The third-order valence-electron chi connectivity index (χ3n) is 3.89. The number of amides is 2. The van der Waals surface area contributed by atoms with E-state index >= 15 is 0 Å². The number of hydrogen-bond donors (Lipinski definition) is 3. The Bertz CT molecular complexity index is 562. The maximum absolute atomic E-state index is 11.9. The predicted molar refractivity (Wildman–Crippen MR) is 92.3 cm³/mol. The molecular weight excluding hydrogens is 292 g/mol. The first-order valence-electron chi connectivity index (χ1n) is 8.08. The van der Waals surface area contributed by atoms with Gasteiger partial charge in [0.1, 0.15) is 0 Å². The molecule has 1 aromatic rings. The van der Waals surface area contributed by atoms with Gasteiger partial charge in [-0.2, -0.15) is 0 Å². The second-order valence-corrected chi connectivity index (χ2v) is 6.74. The maximum Gasteiger partial charge on any atom is 0.313 e. The lowest BCUT2D eigenvalue weighted by Gasteiger charge is -2.25. The summed E-state index contributed by atoms with van der Waals surface area (Å²) < 4.78 is 0. The maximum atomic E-state index is 11.9. The Kier molecular flexibility index (Phi) is 6.76. The van der Waals surface area contributed by atoms with Gasteiger partial charge in [-0.05, 0) is 41.5 Å². The molecule has 5 nitrogen and oxygen atoms in total. The number of carbonyl (C=O) groups excluding carboxylic acids is 2. The molecule has 2 amide bonds. The molecule has 0 aliphatic rings. The number of anilines is 1. The lowest BCUT2D eigenvalue weighted by atomic mass is 9.89. The topological polar surface area (TPSA) is 78.4 Å². The van der Waals surface area contributed by atoms with Crippen LogP contribution in [0.1, 0.15) is 45.7 Å². The molecule has 0 aliphatic heterocycles. The van der Waals surface area contributed by atoms with Gasteiger partial charge in [0.2, 0.25) is 0 Å². The lowest BCUT2D eigenvalue weighted by molar-refractivity contribution is -0.136. The first-order chi connectivity index (χ1) is 10.7. The quantitative estimate of drug-likeness (QED) is 0.728. The number of nitrogens with one attached hydrogen (secondary N) is 2. The van der Waals surface area contributed by atoms with Crippen molar-refractivity contribution in [2.45, 2.75) is 53.6 Å². The molecule has 0 radical (unpaired) electrons. The van der Waals surface area contributed by atoms with E-state index in [1.807, 2.05) is 32.9 Å². The van der Waals surface area contributed by atoms with Gasteiger partial charge in [-0.1, -0.05) is 40.7 Å². The largest absolute Gasteiger partial charge is 0.391 e. The molecule has 1 rings (SSSR count). The van der Waals surface area contributed by atoms with Crippen LogP contribution in [-0.2, 0) is 22.4 Å². The highest BCUT2D eigenvalue weighted by Gasteiger charge is 2.23. The van der Waals surface area contributed by atoms with E-state index in [1.165, 1.54) is 5.56 Å². The molecular formula is C18H28N2O3. The Hall–Kier alpha value is -1.88. The molecule has 0 aromatic heterocycles. The van der Waals surface area contributed by atoms with Crippen molar-refractivity contribution in [3.05, 3.63) is 29.3 Å². The molecule has 0 aliphatic carbocycles. The number of aryl methyl sites for hydroxylation is 2. The van der Waals surface area contributed by atoms with Gasteiger partial charge in [-0.25, -0.2) is 0 Å². The van der Waals surface area contributed by atoms with Crippen molar-refractivity contribution in [1.29, 1.82) is 0 Å². The minimum atomic E-state index is -0.745. The number of hydrogen-bond acceptors (Lipinski definition) is 3. The third kappa shape index (κ3) is 5.67. The van der Waals surface area contributed by atoms with Crippen LogP contribution in [-0.4, -0.2) is 29.6 Å². The van der Waals surface area contributed by atoms with Gasteiger partial charge in [0.15, 0.2) is 0 Å². The Balaban J connectivity index is 2.64. The standard InChI is InChI=1S/C18H28N2O3/c1-6-12-8-9-14(10-13(12)7-2)20-17(23)16(22)19-11-15(21)18(3,4)5/h8-10,15,21H,6-7,11H2,1-5H3,(H,19,22)(H,20,23). The zero-order chi connectivity index (χ0) is 17.6. The summed E-state index contributed by atoms with van der Waals surface area (Å²) in [6.07, 6.45) is 1.09. The predicted octanol–water partition coefficient (Wildman–Crippen LogP) is 2.27. The number of carbonyl (C=O) groups is 2. The van der Waals surface area contributed by atoms with Crippen molar-refractivity contribution in [2.75, 3.05) is 11.9 Å². The van der Waals surface area contributed by atoms with Crippen molar-refractivity contribution in [1.82, 2.24) is 5.32 Å². The molecule has 5 heteroatoms. The molecule has 0 spiro atoms. The first kappa shape index (κ1) is 19.2. The van der Waals surface area contributed by atoms with Gasteiger partial charge in [0.25, 0.3) is 0 Å². The summed E-state index contributed by atoms with van der Waals surface area (Å²) in [6, 6.07) is 5.66. The number of aliphatic hydroxyl groups is 1. The van der Waals surface area contributed by atoms with E-state index in [0.29, 0.717) is 5.69 Å². The fourth-order valence-corrected chi connectivity index (χ4v) is 2.14. The minimum Gasteiger partial charge on any atom is -0.391 e. The number of rotatable bonds is 5. The summed E-state index contributed by atoms with van der Waals surface area (Å²) in [5.74, 6) is -1.47. The van der Waals surface area contributed by atoms with Crippen LogP contribution in [0.25, 0.3) is 0 Å². The summed E-state index contributed by atoms with van der Waals surface area (Å²) in [5, 5.41) is 14.9. The molecule has 1 unspecified atom stereocenters. The molecule has 0 saturated carbocycles. The summed E-state index contributed by atoms with van der Waals surface area (Å²) in [7, 11) is 0. The Labute approximate surface area is 138 Å². The number of aliphatic hydroxyl groups excluding tert-OH is 1. The molecule has 128 valence electrons. The fraction of sp³-hybridized carbons (Fsp3) is 0.556.